The maximum absolute atomic E-state index is 14.0. The Kier molecular flexibility index (Phi) is 6.88. The number of imidazole rings is 1. The lowest BCUT2D eigenvalue weighted by Gasteiger charge is -2.17. The molecule has 33 heavy (non-hydrogen) atoms. The van der Waals surface area contributed by atoms with Crippen molar-refractivity contribution in [2.75, 3.05) is 19.1 Å². The minimum absolute atomic E-state index is 0.0117. The van der Waals surface area contributed by atoms with Gasteiger partial charge in [-0.1, -0.05) is 0 Å². The molecule has 0 fully saturated rings. The summed E-state index contributed by atoms with van der Waals surface area (Å²) < 4.78 is 54.1. The summed E-state index contributed by atoms with van der Waals surface area (Å²) in [7, 11) is -3.96. The van der Waals surface area contributed by atoms with Gasteiger partial charge >= 0.3 is 16.4 Å². The van der Waals surface area contributed by atoms with Gasteiger partial charge in [0, 0.05) is 16.0 Å². The molecule has 178 valence electrons. The minimum Gasteiger partial charge on any atom is -0.454 e. The van der Waals surface area contributed by atoms with Crippen LogP contribution in [-0.2, 0) is 20.9 Å². The van der Waals surface area contributed by atoms with E-state index in [1.54, 1.807) is 0 Å². The summed E-state index contributed by atoms with van der Waals surface area (Å²) in [5, 5.41) is 4.84. The molecule has 11 nitrogen and oxygen atoms in total. The quantitative estimate of drug-likeness (QED) is 0.216. The number of hydrogen-bond donors (Lipinski definition) is 2. The molecule has 4 rings (SSSR count). The van der Waals surface area contributed by atoms with Crippen LogP contribution < -0.4 is 20.3 Å². The van der Waals surface area contributed by atoms with Crippen LogP contribution in [0.3, 0.4) is 0 Å². The number of hydrogen-bond acceptors (Lipinski definition) is 9. The van der Waals surface area contributed by atoms with Crippen LogP contribution in [0.15, 0.2) is 12.1 Å². The van der Waals surface area contributed by atoms with Crippen molar-refractivity contribution in [3.05, 3.63) is 33.2 Å². The molecule has 0 aliphatic carbocycles. The van der Waals surface area contributed by atoms with E-state index in [2.05, 4.69) is 41.7 Å². The first-order valence-electron chi connectivity index (χ1n) is 10.1. The fourth-order valence-electron chi connectivity index (χ4n) is 3.71. The highest BCUT2D eigenvalue weighted by Crippen LogP contribution is 2.36. The van der Waals surface area contributed by atoms with E-state index >= 15 is 0 Å². The summed E-state index contributed by atoms with van der Waals surface area (Å²) in [5.41, 5.74) is 7.51. The Labute approximate surface area is 203 Å². The molecule has 0 amide bonds. The minimum atomic E-state index is -3.96. The molecule has 1 atom stereocenters. The molecule has 4 N–H and O–H groups in total. The molecule has 3 aromatic rings. The number of aromatic nitrogens is 4. The lowest BCUT2D eigenvalue weighted by atomic mass is 10.1. The number of benzene rings is 1. The highest BCUT2D eigenvalue weighted by Gasteiger charge is 2.23. The van der Waals surface area contributed by atoms with Crippen molar-refractivity contribution >= 4 is 49.9 Å². The Morgan fingerprint density at radius 2 is 1.97 bits per heavy atom. The monoisotopic (exact) mass is 592 g/mol. The molecular weight excluding hydrogens is 570 g/mol. The number of ether oxygens (including phenoxy) is 2. The first-order valence-corrected chi connectivity index (χ1v) is 12.6. The van der Waals surface area contributed by atoms with Gasteiger partial charge in [0.15, 0.2) is 28.5 Å². The van der Waals surface area contributed by atoms with Crippen LogP contribution >= 0.6 is 22.6 Å². The SMILES string of the molecule is CC(CCCCOS(N)(=O)=O)n1c(Cc2cc3c(cc2I)OCO3)nc2c(N)nc(F)nc21. The third-order valence-corrected chi connectivity index (χ3v) is 6.71. The largest absolute Gasteiger partial charge is 0.454 e. The molecule has 0 spiro atoms. The van der Waals surface area contributed by atoms with Gasteiger partial charge in [-0.3, -0.25) is 4.18 Å². The summed E-state index contributed by atoms with van der Waals surface area (Å²) in [6.45, 7) is 2.11. The highest BCUT2D eigenvalue weighted by atomic mass is 127. The molecule has 14 heteroatoms. The molecule has 1 aliphatic heterocycles. The number of fused-ring (bicyclic) bond motifs is 2. The van der Waals surface area contributed by atoms with E-state index in [0.29, 0.717) is 54.2 Å². The van der Waals surface area contributed by atoms with E-state index in [4.69, 9.17) is 20.3 Å². The zero-order valence-electron chi connectivity index (χ0n) is 17.6. The second kappa shape index (κ2) is 9.52. The van der Waals surface area contributed by atoms with E-state index < -0.39 is 16.4 Å². The van der Waals surface area contributed by atoms with Crippen LogP contribution in [0.4, 0.5) is 10.2 Å². The van der Waals surface area contributed by atoms with E-state index in [9.17, 15) is 12.8 Å². The fourth-order valence-corrected chi connectivity index (χ4v) is 4.69. The maximum Gasteiger partial charge on any atom is 0.333 e. The van der Waals surface area contributed by atoms with Gasteiger partial charge in [0.25, 0.3) is 0 Å². The van der Waals surface area contributed by atoms with Crippen LogP contribution in [0.5, 0.6) is 11.5 Å². The van der Waals surface area contributed by atoms with Crippen molar-refractivity contribution in [3.8, 4) is 11.5 Å². The third kappa shape index (κ3) is 5.44. The molecule has 1 aromatic carbocycles. The highest BCUT2D eigenvalue weighted by molar-refractivity contribution is 14.1. The molecule has 0 bridgehead atoms. The predicted octanol–water partition coefficient (Wildman–Crippen LogP) is 2.42. The zero-order chi connectivity index (χ0) is 23.8. The Morgan fingerprint density at radius 3 is 2.70 bits per heavy atom. The summed E-state index contributed by atoms with van der Waals surface area (Å²) in [4.78, 5) is 12.2. The van der Waals surface area contributed by atoms with Gasteiger partial charge in [0.1, 0.15) is 5.82 Å². The zero-order valence-corrected chi connectivity index (χ0v) is 20.6. The van der Waals surface area contributed by atoms with Crippen molar-refractivity contribution in [1.29, 1.82) is 0 Å². The summed E-state index contributed by atoms with van der Waals surface area (Å²) in [5.74, 6) is 1.94. The Balaban J connectivity index is 1.62. The van der Waals surface area contributed by atoms with Gasteiger partial charge in [0.05, 0.1) is 6.61 Å². The Hall–Kier alpha value is -2.30. The topological polar surface area (TPSA) is 157 Å². The smallest absolute Gasteiger partial charge is 0.333 e. The van der Waals surface area contributed by atoms with Gasteiger partial charge in [-0.2, -0.15) is 22.8 Å². The van der Waals surface area contributed by atoms with Gasteiger partial charge in [-0.05, 0) is 66.5 Å². The van der Waals surface area contributed by atoms with Gasteiger partial charge in [-0.15, -0.1) is 0 Å². The molecule has 3 heterocycles. The Bertz CT molecular complexity index is 1300. The Morgan fingerprint density at radius 1 is 1.24 bits per heavy atom. The number of rotatable bonds is 9. The van der Waals surface area contributed by atoms with Crippen molar-refractivity contribution in [1.82, 2.24) is 19.5 Å². The van der Waals surface area contributed by atoms with Crippen LogP contribution in [0.2, 0.25) is 0 Å². The molecule has 0 saturated heterocycles. The molecule has 2 aromatic heterocycles. The van der Waals surface area contributed by atoms with Crippen LogP contribution in [0, 0.1) is 9.65 Å². The molecule has 0 radical (unpaired) electrons. The van der Waals surface area contributed by atoms with Crippen molar-refractivity contribution in [2.45, 2.75) is 38.6 Å². The first kappa shape index (κ1) is 23.8. The van der Waals surface area contributed by atoms with Crippen LogP contribution in [0.25, 0.3) is 11.2 Å². The maximum atomic E-state index is 14.0. The summed E-state index contributed by atoms with van der Waals surface area (Å²) in [6.07, 6.45) is 1.25. The molecule has 1 unspecified atom stereocenters. The molecule has 0 saturated carbocycles. The number of anilines is 1. The average Bonchev–Trinajstić information content (AvgIpc) is 3.31. The van der Waals surface area contributed by atoms with Gasteiger partial charge < -0.3 is 19.8 Å². The normalized spacial score (nSPS) is 14.2. The number of halogens is 2. The van der Waals surface area contributed by atoms with E-state index in [1.807, 2.05) is 23.6 Å². The van der Waals surface area contributed by atoms with Crippen LogP contribution in [-0.4, -0.2) is 41.3 Å². The fraction of sp³-hybridized carbons (Fsp3) is 0.421. The van der Waals surface area contributed by atoms with Crippen molar-refractivity contribution in [2.24, 2.45) is 5.14 Å². The van der Waals surface area contributed by atoms with Crippen molar-refractivity contribution in [3.63, 3.8) is 0 Å². The van der Waals surface area contributed by atoms with Crippen LogP contribution in [0.1, 0.15) is 43.6 Å². The standard InChI is InChI=1S/C19H22FIN6O5S/c1-10(4-2-3-5-32-33(23,28)29)27-15(24-16-17(22)25-19(20)26-18(16)27)7-11-6-13-14(8-12(11)21)31-9-30-13/h6,8,10H,2-5,7,9H2,1H3,(H2,22,25,26)(H2,23,28,29). The second-order valence-corrected chi connectivity index (χ2v) is 9.96. The predicted molar refractivity (Wildman–Crippen MR) is 125 cm³/mol. The lowest BCUT2D eigenvalue weighted by Crippen LogP contribution is -2.16. The molecule has 1 aliphatic rings. The molecular formula is C19H22FIN6O5S. The second-order valence-electron chi connectivity index (χ2n) is 7.58. The van der Waals surface area contributed by atoms with E-state index in [0.717, 1.165) is 9.13 Å². The number of nitrogens with two attached hydrogens (primary N) is 2. The lowest BCUT2D eigenvalue weighted by molar-refractivity contribution is 0.174. The van der Waals surface area contributed by atoms with Gasteiger partial charge in [-0.25, -0.2) is 10.1 Å². The number of nitrogen functional groups attached to an aromatic ring is 1. The third-order valence-electron chi connectivity index (χ3n) is 5.21. The van der Waals surface area contributed by atoms with E-state index in [-0.39, 0.29) is 25.3 Å². The number of nitrogens with zero attached hydrogens (tertiary/aromatic N) is 4. The number of unbranched alkanes of at least 4 members (excludes halogenated alkanes) is 1. The first-order chi connectivity index (χ1) is 15.6. The summed E-state index contributed by atoms with van der Waals surface area (Å²) >= 11 is 2.22. The van der Waals surface area contributed by atoms with E-state index in [1.165, 1.54) is 0 Å². The van der Waals surface area contributed by atoms with Crippen molar-refractivity contribution < 1.29 is 26.5 Å². The average molecular weight is 592 g/mol. The van der Waals surface area contributed by atoms with Gasteiger partial charge in [0.2, 0.25) is 6.79 Å². The summed E-state index contributed by atoms with van der Waals surface area (Å²) in [6, 6.07) is 3.66.